The molecule has 2 rings (SSSR count). The van der Waals surface area contributed by atoms with Gasteiger partial charge in [0, 0.05) is 60.0 Å². The number of hydrogen-bond donors (Lipinski definition) is 0. The molecule has 2 heterocycles. The van der Waals surface area contributed by atoms with Crippen LogP contribution in [0.2, 0.25) is 0 Å². The highest BCUT2D eigenvalue weighted by molar-refractivity contribution is 5.91. The average Bonchev–Trinajstić information content (AvgIpc) is 2.54. The van der Waals surface area contributed by atoms with Gasteiger partial charge in [-0.25, -0.2) is 9.59 Å². The van der Waals surface area contributed by atoms with Crippen molar-refractivity contribution in [3.8, 4) is 0 Å². The molecule has 0 aliphatic carbocycles. The van der Waals surface area contributed by atoms with Crippen LogP contribution in [-0.4, -0.2) is 70.2 Å². The normalized spacial score (nSPS) is 27.1. The van der Waals surface area contributed by atoms with Crippen molar-refractivity contribution in [3.63, 3.8) is 0 Å². The molecule has 30 heavy (non-hydrogen) atoms. The summed E-state index contributed by atoms with van der Waals surface area (Å²) in [7, 11) is 4.22. The lowest BCUT2D eigenvalue weighted by Gasteiger charge is -2.53. The van der Waals surface area contributed by atoms with E-state index in [1.165, 1.54) is 12.2 Å². The Morgan fingerprint density at radius 3 is 1.10 bits per heavy atom. The fraction of sp³-hybridized carbons (Fsp3) is 0.833. The second-order valence-corrected chi connectivity index (χ2v) is 11.6. The minimum atomic E-state index is -0.489. The molecule has 6 heteroatoms. The summed E-state index contributed by atoms with van der Waals surface area (Å²) >= 11 is 0. The summed E-state index contributed by atoms with van der Waals surface area (Å²) in [5.74, 6) is -0.978. The van der Waals surface area contributed by atoms with E-state index in [2.05, 4.69) is 79.3 Å². The number of likely N-dealkylation sites (tertiary alicyclic amines) is 2. The third-order valence-electron chi connectivity index (χ3n) is 7.46. The van der Waals surface area contributed by atoms with Gasteiger partial charge >= 0.3 is 11.9 Å². The molecule has 0 aromatic rings. The van der Waals surface area contributed by atoms with E-state index in [1.54, 1.807) is 0 Å². The van der Waals surface area contributed by atoms with E-state index in [0.717, 1.165) is 25.7 Å². The van der Waals surface area contributed by atoms with E-state index < -0.39 is 11.9 Å². The predicted octanol–water partition coefficient (Wildman–Crippen LogP) is 3.93. The minimum absolute atomic E-state index is 0.0664. The van der Waals surface area contributed by atoms with Crippen molar-refractivity contribution in [3.05, 3.63) is 12.2 Å². The van der Waals surface area contributed by atoms with Crippen LogP contribution in [0.4, 0.5) is 0 Å². The molecule has 0 bridgehead atoms. The van der Waals surface area contributed by atoms with Crippen LogP contribution in [0.25, 0.3) is 0 Å². The van der Waals surface area contributed by atoms with Crippen LogP contribution >= 0.6 is 0 Å². The maximum absolute atomic E-state index is 12.3. The average molecular weight is 423 g/mol. The van der Waals surface area contributed by atoms with Gasteiger partial charge in [-0.05, 0) is 69.5 Å². The molecular weight excluding hydrogens is 380 g/mol. The fourth-order valence-corrected chi connectivity index (χ4v) is 5.27. The number of hydrogen-bond acceptors (Lipinski definition) is 6. The van der Waals surface area contributed by atoms with E-state index in [1.807, 2.05) is 0 Å². The summed E-state index contributed by atoms with van der Waals surface area (Å²) < 4.78 is 11.3. The van der Waals surface area contributed by atoms with Crippen molar-refractivity contribution >= 4 is 11.9 Å². The van der Waals surface area contributed by atoms with Crippen molar-refractivity contribution in [2.45, 2.75) is 115 Å². The summed E-state index contributed by atoms with van der Waals surface area (Å²) in [6, 6.07) is 0. The first kappa shape index (κ1) is 24.9. The first-order valence-corrected chi connectivity index (χ1v) is 11.0. The Kier molecular flexibility index (Phi) is 6.85. The molecule has 0 amide bonds. The Morgan fingerprint density at radius 2 is 0.867 bits per heavy atom. The third kappa shape index (κ3) is 5.64. The van der Waals surface area contributed by atoms with Crippen molar-refractivity contribution in [1.82, 2.24) is 9.80 Å². The SMILES string of the molecule is CN1C(C)(C)CC(OC(=O)/C=C\C(=O)OC2CC(C)(C)N(C)C(C)(C)C2)CC1(C)C. The molecule has 0 aromatic heterocycles. The number of carbonyl (C=O) groups excluding carboxylic acids is 2. The molecule has 0 aromatic carbocycles. The Hall–Kier alpha value is -1.40. The summed E-state index contributed by atoms with van der Waals surface area (Å²) in [4.78, 5) is 29.3. The van der Waals surface area contributed by atoms with Gasteiger partial charge in [0.2, 0.25) is 0 Å². The van der Waals surface area contributed by atoms with Crippen molar-refractivity contribution in [2.24, 2.45) is 0 Å². The van der Waals surface area contributed by atoms with Crippen LogP contribution in [0.3, 0.4) is 0 Å². The minimum Gasteiger partial charge on any atom is -0.459 e. The zero-order valence-corrected chi connectivity index (χ0v) is 20.7. The van der Waals surface area contributed by atoms with Gasteiger partial charge in [-0.3, -0.25) is 9.80 Å². The zero-order valence-electron chi connectivity index (χ0n) is 20.7. The quantitative estimate of drug-likeness (QED) is 0.505. The van der Waals surface area contributed by atoms with Gasteiger partial charge in [-0.1, -0.05) is 0 Å². The lowest BCUT2D eigenvalue weighted by atomic mass is 9.78. The maximum atomic E-state index is 12.3. The highest BCUT2D eigenvalue weighted by Gasteiger charge is 2.45. The van der Waals surface area contributed by atoms with Crippen LogP contribution in [-0.2, 0) is 19.1 Å². The number of piperidine rings is 2. The van der Waals surface area contributed by atoms with Crippen molar-refractivity contribution in [2.75, 3.05) is 14.1 Å². The van der Waals surface area contributed by atoms with Crippen LogP contribution in [0.15, 0.2) is 12.2 Å². The molecule has 2 fully saturated rings. The smallest absolute Gasteiger partial charge is 0.331 e. The molecule has 6 nitrogen and oxygen atoms in total. The van der Waals surface area contributed by atoms with E-state index in [4.69, 9.17) is 9.47 Å². The summed E-state index contributed by atoms with van der Waals surface area (Å²) in [6.45, 7) is 17.3. The van der Waals surface area contributed by atoms with Gasteiger partial charge in [0.05, 0.1) is 0 Å². The number of esters is 2. The van der Waals surface area contributed by atoms with E-state index in [9.17, 15) is 9.59 Å². The lowest BCUT2D eigenvalue weighted by Crippen LogP contribution is -2.60. The standard InChI is InChI=1S/C24H42N2O4/c1-21(2)13-17(14-22(3,4)25(21)9)29-19(27)11-12-20(28)30-18-15-23(5,6)26(10)24(7,8)16-18/h11-12,17-18H,13-16H2,1-10H3/b12-11-. The highest BCUT2D eigenvalue weighted by Crippen LogP contribution is 2.39. The van der Waals surface area contributed by atoms with Gasteiger partial charge in [-0.2, -0.15) is 0 Å². The Morgan fingerprint density at radius 1 is 0.633 bits per heavy atom. The number of ether oxygens (including phenoxy) is 2. The summed E-state index contributed by atoms with van der Waals surface area (Å²) in [6.07, 6.45) is 5.10. The molecule has 0 atom stereocenters. The van der Waals surface area contributed by atoms with Gasteiger partial charge in [0.25, 0.3) is 0 Å². The Labute approximate surface area is 183 Å². The third-order valence-corrected chi connectivity index (χ3v) is 7.46. The van der Waals surface area contributed by atoms with Crippen LogP contribution in [0.1, 0.15) is 81.1 Å². The zero-order chi connectivity index (χ0) is 23.1. The second kappa shape index (κ2) is 8.27. The van der Waals surface area contributed by atoms with Crippen molar-refractivity contribution in [1.29, 1.82) is 0 Å². The number of carbonyl (C=O) groups is 2. The molecule has 2 saturated heterocycles. The first-order valence-electron chi connectivity index (χ1n) is 11.0. The first-order chi connectivity index (χ1) is 13.5. The topological polar surface area (TPSA) is 59.1 Å². The molecule has 0 N–H and O–H groups in total. The lowest BCUT2D eigenvalue weighted by molar-refractivity contribution is -0.156. The van der Waals surface area contributed by atoms with Gasteiger partial charge in [0.15, 0.2) is 0 Å². The van der Waals surface area contributed by atoms with E-state index in [-0.39, 0.29) is 34.4 Å². The molecule has 0 radical (unpaired) electrons. The van der Waals surface area contributed by atoms with Crippen LogP contribution < -0.4 is 0 Å². The molecular formula is C24H42N2O4. The summed E-state index contributed by atoms with van der Waals surface area (Å²) in [5, 5.41) is 0. The van der Waals surface area contributed by atoms with Gasteiger partial charge in [-0.15, -0.1) is 0 Å². The van der Waals surface area contributed by atoms with Crippen LogP contribution in [0.5, 0.6) is 0 Å². The van der Waals surface area contributed by atoms with Crippen LogP contribution in [0, 0.1) is 0 Å². The summed E-state index contributed by atoms with van der Waals surface area (Å²) in [5.41, 5.74) is -0.266. The second-order valence-electron chi connectivity index (χ2n) is 11.6. The molecule has 0 unspecified atom stereocenters. The largest absolute Gasteiger partial charge is 0.459 e. The molecule has 0 saturated carbocycles. The monoisotopic (exact) mass is 422 g/mol. The highest BCUT2D eigenvalue weighted by atomic mass is 16.5. The maximum Gasteiger partial charge on any atom is 0.331 e. The number of rotatable bonds is 4. The molecule has 2 aliphatic rings. The number of nitrogens with zero attached hydrogens (tertiary/aromatic N) is 2. The molecule has 172 valence electrons. The fourth-order valence-electron chi connectivity index (χ4n) is 5.27. The molecule has 0 spiro atoms. The van der Waals surface area contributed by atoms with Gasteiger partial charge in [0.1, 0.15) is 12.2 Å². The Balaban J connectivity index is 1.92. The molecule has 2 aliphatic heterocycles. The predicted molar refractivity (Wildman–Crippen MR) is 119 cm³/mol. The van der Waals surface area contributed by atoms with Crippen molar-refractivity contribution < 1.29 is 19.1 Å². The Bertz CT molecular complexity index is 599. The van der Waals surface area contributed by atoms with E-state index >= 15 is 0 Å². The van der Waals surface area contributed by atoms with Gasteiger partial charge < -0.3 is 9.47 Å². The van der Waals surface area contributed by atoms with E-state index in [0.29, 0.717) is 0 Å².